The minimum Gasteiger partial charge on any atom is -0.320 e. The molecule has 0 aromatic heterocycles. The molecule has 0 aliphatic carbocycles. The summed E-state index contributed by atoms with van der Waals surface area (Å²) in [5, 5.41) is 2.97. The van der Waals surface area contributed by atoms with Crippen LogP contribution < -0.4 is 10.0 Å². The van der Waals surface area contributed by atoms with Gasteiger partial charge in [-0.05, 0) is 45.8 Å². The Labute approximate surface area is 104 Å². The van der Waals surface area contributed by atoms with Crippen LogP contribution in [0.15, 0.2) is 0 Å². The summed E-state index contributed by atoms with van der Waals surface area (Å²) in [4.78, 5) is 2.42. The number of fused-ring (bicyclic) bond motifs is 1. The molecule has 0 spiro atoms. The highest BCUT2D eigenvalue weighted by atomic mass is 32.2. The molecule has 0 saturated carbocycles. The van der Waals surface area contributed by atoms with Crippen LogP contribution >= 0.6 is 0 Å². The fourth-order valence-electron chi connectivity index (χ4n) is 2.95. The van der Waals surface area contributed by atoms with Crippen LogP contribution in [0.25, 0.3) is 0 Å². The minimum absolute atomic E-state index is 0.150. The fourth-order valence-corrected chi connectivity index (χ4v) is 4.33. The van der Waals surface area contributed by atoms with Gasteiger partial charge in [-0.3, -0.25) is 4.90 Å². The molecule has 0 aromatic carbocycles. The molecule has 2 aliphatic rings. The molecule has 2 unspecified atom stereocenters. The lowest BCUT2D eigenvalue weighted by Crippen LogP contribution is -2.43. The van der Waals surface area contributed by atoms with Crippen molar-refractivity contribution in [3.63, 3.8) is 0 Å². The van der Waals surface area contributed by atoms with E-state index in [1.54, 1.807) is 0 Å². The molecular weight excluding hydrogens is 238 g/mol. The van der Waals surface area contributed by atoms with Crippen molar-refractivity contribution in [3.05, 3.63) is 0 Å². The Morgan fingerprint density at radius 1 is 1.29 bits per heavy atom. The number of rotatable bonds is 6. The number of sulfonamides is 1. The molecular formula is C11H23N3O2S. The predicted octanol–water partition coefficient (Wildman–Crippen LogP) is -0.248. The van der Waals surface area contributed by atoms with E-state index in [9.17, 15) is 8.42 Å². The summed E-state index contributed by atoms with van der Waals surface area (Å²) in [6.07, 6.45) is 4.00. The normalized spacial score (nSPS) is 29.7. The summed E-state index contributed by atoms with van der Waals surface area (Å²) < 4.78 is 26.7. The number of nitrogens with one attached hydrogen (secondary N) is 2. The van der Waals surface area contributed by atoms with Gasteiger partial charge in [0.15, 0.2) is 0 Å². The van der Waals surface area contributed by atoms with E-state index in [1.165, 1.54) is 6.42 Å². The first-order chi connectivity index (χ1) is 8.12. The zero-order valence-corrected chi connectivity index (χ0v) is 11.3. The highest BCUT2D eigenvalue weighted by molar-refractivity contribution is 7.89. The van der Waals surface area contributed by atoms with Crippen LogP contribution in [0.1, 0.15) is 25.7 Å². The maximum atomic E-state index is 11.9. The Hall–Kier alpha value is -0.170. The summed E-state index contributed by atoms with van der Waals surface area (Å²) >= 11 is 0. The molecule has 0 bridgehead atoms. The molecule has 2 aliphatic heterocycles. The third-order valence-corrected chi connectivity index (χ3v) is 5.26. The highest BCUT2D eigenvalue weighted by Gasteiger charge is 2.38. The molecule has 0 amide bonds. The lowest BCUT2D eigenvalue weighted by molar-refractivity contribution is 0.309. The first-order valence-electron chi connectivity index (χ1n) is 6.51. The second kappa shape index (κ2) is 5.65. The van der Waals surface area contributed by atoms with Gasteiger partial charge >= 0.3 is 0 Å². The van der Waals surface area contributed by atoms with E-state index < -0.39 is 10.0 Å². The van der Waals surface area contributed by atoms with Gasteiger partial charge in [0, 0.05) is 18.6 Å². The summed E-state index contributed by atoms with van der Waals surface area (Å²) in [7, 11) is -1.25. The molecule has 0 aromatic rings. The SMILES string of the molecule is CNCCCS(=O)(=O)NC1CCN2CCCC12. The van der Waals surface area contributed by atoms with Gasteiger partial charge in [0.05, 0.1) is 5.75 Å². The lowest BCUT2D eigenvalue weighted by atomic mass is 10.1. The Balaban J connectivity index is 1.83. The van der Waals surface area contributed by atoms with E-state index in [0.717, 1.165) is 32.5 Å². The van der Waals surface area contributed by atoms with Gasteiger partial charge in [-0.15, -0.1) is 0 Å². The molecule has 2 fully saturated rings. The first-order valence-corrected chi connectivity index (χ1v) is 8.16. The van der Waals surface area contributed by atoms with E-state index in [2.05, 4.69) is 14.9 Å². The first kappa shape index (κ1) is 13.3. The van der Waals surface area contributed by atoms with Crippen LogP contribution in [-0.4, -0.2) is 57.8 Å². The van der Waals surface area contributed by atoms with Crippen molar-refractivity contribution in [3.8, 4) is 0 Å². The highest BCUT2D eigenvalue weighted by Crippen LogP contribution is 2.28. The van der Waals surface area contributed by atoms with E-state index >= 15 is 0 Å². The molecule has 2 heterocycles. The third kappa shape index (κ3) is 3.40. The molecule has 5 nitrogen and oxygen atoms in total. The molecule has 100 valence electrons. The van der Waals surface area contributed by atoms with Crippen molar-refractivity contribution in [2.24, 2.45) is 0 Å². The molecule has 6 heteroatoms. The van der Waals surface area contributed by atoms with Crippen molar-refractivity contribution in [1.82, 2.24) is 14.9 Å². The standard InChI is InChI=1S/C11H23N3O2S/c1-12-6-3-9-17(15,16)13-10-5-8-14-7-2-4-11(10)14/h10-13H,2-9H2,1H3. The van der Waals surface area contributed by atoms with Gasteiger partial charge in [0.25, 0.3) is 0 Å². The third-order valence-electron chi connectivity index (χ3n) is 3.78. The van der Waals surface area contributed by atoms with Gasteiger partial charge < -0.3 is 5.32 Å². The molecule has 2 atom stereocenters. The quantitative estimate of drug-likeness (QED) is 0.648. The van der Waals surface area contributed by atoms with Gasteiger partial charge in [0.1, 0.15) is 0 Å². The molecule has 2 rings (SSSR count). The second-order valence-electron chi connectivity index (χ2n) is 5.03. The average Bonchev–Trinajstić information content (AvgIpc) is 2.83. The Morgan fingerprint density at radius 3 is 2.88 bits per heavy atom. The summed E-state index contributed by atoms with van der Waals surface area (Å²) in [6.45, 7) is 2.94. The summed E-state index contributed by atoms with van der Waals surface area (Å²) in [5.41, 5.74) is 0. The molecule has 2 N–H and O–H groups in total. The van der Waals surface area contributed by atoms with Gasteiger partial charge in [-0.2, -0.15) is 0 Å². The van der Waals surface area contributed by atoms with Crippen molar-refractivity contribution in [1.29, 1.82) is 0 Å². The monoisotopic (exact) mass is 261 g/mol. The Bertz CT molecular complexity index is 345. The smallest absolute Gasteiger partial charge is 0.211 e. The average molecular weight is 261 g/mol. The van der Waals surface area contributed by atoms with E-state index in [0.29, 0.717) is 12.5 Å². The van der Waals surface area contributed by atoms with Gasteiger partial charge in [-0.25, -0.2) is 13.1 Å². The van der Waals surface area contributed by atoms with Gasteiger partial charge in [0.2, 0.25) is 10.0 Å². The van der Waals surface area contributed by atoms with Crippen LogP contribution in [-0.2, 0) is 10.0 Å². The molecule has 17 heavy (non-hydrogen) atoms. The molecule has 2 saturated heterocycles. The van der Waals surface area contributed by atoms with Crippen molar-refractivity contribution in [2.75, 3.05) is 32.4 Å². The fraction of sp³-hybridized carbons (Fsp3) is 1.00. The van der Waals surface area contributed by atoms with Crippen molar-refractivity contribution in [2.45, 2.75) is 37.8 Å². The second-order valence-corrected chi connectivity index (χ2v) is 6.91. The van der Waals surface area contributed by atoms with E-state index in [-0.39, 0.29) is 11.8 Å². The van der Waals surface area contributed by atoms with Crippen LogP contribution in [0.4, 0.5) is 0 Å². The van der Waals surface area contributed by atoms with Crippen LogP contribution in [0, 0.1) is 0 Å². The minimum atomic E-state index is -3.09. The van der Waals surface area contributed by atoms with Crippen LogP contribution in [0.2, 0.25) is 0 Å². The topological polar surface area (TPSA) is 61.4 Å². The summed E-state index contributed by atoms with van der Waals surface area (Å²) in [6, 6.07) is 0.603. The van der Waals surface area contributed by atoms with Crippen molar-refractivity contribution >= 4 is 10.0 Å². The Kier molecular flexibility index (Phi) is 4.41. The van der Waals surface area contributed by atoms with Gasteiger partial charge in [-0.1, -0.05) is 0 Å². The number of nitrogens with zero attached hydrogens (tertiary/aromatic N) is 1. The van der Waals surface area contributed by atoms with E-state index in [1.807, 2.05) is 7.05 Å². The zero-order valence-electron chi connectivity index (χ0n) is 10.5. The lowest BCUT2D eigenvalue weighted by Gasteiger charge is -2.21. The zero-order chi connectivity index (χ0) is 12.3. The molecule has 0 radical (unpaired) electrons. The summed E-state index contributed by atoms with van der Waals surface area (Å²) in [5.74, 6) is 0.233. The van der Waals surface area contributed by atoms with Crippen molar-refractivity contribution < 1.29 is 8.42 Å². The number of hydrogen-bond acceptors (Lipinski definition) is 4. The number of hydrogen-bond donors (Lipinski definition) is 2. The largest absolute Gasteiger partial charge is 0.320 e. The maximum Gasteiger partial charge on any atom is 0.211 e. The van der Waals surface area contributed by atoms with Crippen LogP contribution in [0.3, 0.4) is 0 Å². The predicted molar refractivity (Wildman–Crippen MR) is 68.5 cm³/mol. The van der Waals surface area contributed by atoms with Crippen LogP contribution in [0.5, 0.6) is 0 Å². The Morgan fingerprint density at radius 2 is 2.12 bits per heavy atom. The van der Waals surface area contributed by atoms with E-state index in [4.69, 9.17) is 0 Å². The maximum absolute atomic E-state index is 11.9.